The molecule has 0 spiro atoms. The van der Waals surface area contributed by atoms with Gasteiger partial charge in [0.15, 0.2) is 0 Å². The molecule has 26 heavy (non-hydrogen) atoms. The van der Waals surface area contributed by atoms with Crippen LogP contribution in [0.15, 0.2) is 35.0 Å². The first-order valence-electron chi connectivity index (χ1n) is 8.41. The Morgan fingerprint density at radius 1 is 1.31 bits per heavy atom. The Morgan fingerprint density at radius 2 is 2.12 bits per heavy atom. The molecule has 0 saturated carbocycles. The monoisotopic (exact) mass is 354 g/mol. The molecule has 0 aliphatic carbocycles. The summed E-state index contributed by atoms with van der Waals surface area (Å²) in [6, 6.07) is 7.37. The summed E-state index contributed by atoms with van der Waals surface area (Å²) < 4.78 is 6.86. The Kier molecular flexibility index (Phi) is 4.83. The van der Waals surface area contributed by atoms with E-state index in [0.29, 0.717) is 29.6 Å². The van der Waals surface area contributed by atoms with Gasteiger partial charge in [0.25, 0.3) is 0 Å². The molecule has 3 heterocycles. The minimum absolute atomic E-state index is 0.0770. The molecular weight excluding hydrogens is 332 g/mol. The second kappa shape index (κ2) is 7.07. The standard InChI is InChI=1S/C18H22N6O2/c1-18(2,3)13-11-14(24(4)22-13)20-15(25)8-9-16-21-17(23-26-16)12-7-5-6-10-19-12/h5-7,10-11H,8-9H2,1-4H3,(H,20,25). The molecule has 0 aromatic carbocycles. The Morgan fingerprint density at radius 3 is 2.77 bits per heavy atom. The van der Waals surface area contributed by atoms with Crippen molar-refractivity contribution >= 4 is 11.7 Å². The fraction of sp³-hybridized carbons (Fsp3) is 0.389. The van der Waals surface area contributed by atoms with Gasteiger partial charge < -0.3 is 9.84 Å². The third-order valence-electron chi connectivity index (χ3n) is 3.84. The molecule has 136 valence electrons. The van der Waals surface area contributed by atoms with Gasteiger partial charge in [-0.3, -0.25) is 14.5 Å². The van der Waals surface area contributed by atoms with Crippen LogP contribution in [0.2, 0.25) is 0 Å². The van der Waals surface area contributed by atoms with Crippen LogP contribution in [0.25, 0.3) is 11.5 Å². The predicted molar refractivity (Wildman–Crippen MR) is 96.4 cm³/mol. The Labute approximate surface area is 151 Å². The summed E-state index contributed by atoms with van der Waals surface area (Å²) in [7, 11) is 1.81. The normalized spacial score (nSPS) is 11.5. The van der Waals surface area contributed by atoms with Gasteiger partial charge in [0.2, 0.25) is 17.6 Å². The van der Waals surface area contributed by atoms with E-state index in [1.807, 2.05) is 25.2 Å². The first-order chi connectivity index (χ1) is 12.3. The smallest absolute Gasteiger partial charge is 0.227 e. The summed E-state index contributed by atoms with van der Waals surface area (Å²) in [6.45, 7) is 6.24. The number of pyridine rings is 1. The van der Waals surface area contributed by atoms with E-state index in [1.165, 1.54) is 0 Å². The van der Waals surface area contributed by atoms with Gasteiger partial charge in [0, 0.05) is 37.6 Å². The van der Waals surface area contributed by atoms with Gasteiger partial charge in [-0.1, -0.05) is 32.0 Å². The number of amides is 1. The van der Waals surface area contributed by atoms with Gasteiger partial charge in [-0.15, -0.1) is 0 Å². The lowest BCUT2D eigenvalue weighted by Crippen LogP contribution is -2.15. The quantitative estimate of drug-likeness (QED) is 0.756. The number of nitrogens with zero attached hydrogens (tertiary/aromatic N) is 5. The molecule has 1 amide bonds. The van der Waals surface area contributed by atoms with Crippen molar-refractivity contribution in [1.29, 1.82) is 0 Å². The Balaban J connectivity index is 1.58. The summed E-state index contributed by atoms with van der Waals surface area (Å²) in [4.78, 5) is 20.7. The molecule has 0 aliphatic heterocycles. The summed E-state index contributed by atoms with van der Waals surface area (Å²) in [6.07, 6.45) is 2.26. The van der Waals surface area contributed by atoms with Crippen molar-refractivity contribution < 1.29 is 9.32 Å². The highest BCUT2D eigenvalue weighted by atomic mass is 16.5. The van der Waals surface area contributed by atoms with Crippen molar-refractivity contribution in [2.45, 2.75) is 39.0 Å². The maximum atomic E-state index is 12.2. The molecule has 0 atom stereocenters. The summed E-state index contributed by atoms with van der Waals surface area (Å²) in [5, 5.41) is 11.2. The highest BCUT2D eigenvalue weighted by Crippen LogP contribution is 2.23. The predicted octanol–water partition coefficient (Wildman–Crippen LogP) is 2.73. The number of aromatic nitrogens is 5. The maximum absolute atomic E-state index is 12.2. The molecule has 3 aromatic heterocycles. The van der Waals surface area contributed by atoms with Crippen LogP contribution < -0.4 is 5.32 Å². The van der Waals surface area contributed by atoms with Crippen LogP contribution in [-0.4, -0.2) is 30.8 Å². The first kappa shape index (κ1) is 17.8. The van der Waals surface area contributed by atoms with Gasteiger partial charge in [0.1, 0.15) is 11.5 Å². The molecule has 0 radical (unpaired) electrons. The number of hydrogen-bond donors (Lipinski definition) is 1. The first-order valence-corrected chi connectivity index (χ1v) is 8.41. The fourth-order valence-electron chi connectivity index (χ4n) is 2.33. The number of rotatable bonds is 5. The third-order valence-corrected chi connectivity index (χ3v) is 3.84. The average molecular weight is 354 g/mol. The topological polar surface area (TPSA) is 98.7 Å². The van der Waals surface area contributed by atoms with E-state index in [4.69, 9.17) is 4.52 Å². The molecule has 0 saturated heterocycles. The second-order valence-electron chi connectivity index (χ2n) is 7.06. The second-order valence-corrected chi connectivity index (χ2v) is 7.06. The lowest BCUT2D eigenvalue weighted by molar-refractivity contribution is -0.116. The molecule has 8 heteroatoms. The van der Waals surface area contributed by atoms with E-state index >= 15 is 0 Å². The van der Waals surface area contributed by atoms with E-state index in [0.717, 1.165) is 5.69 Å². The van der Waals surface area contributed by atoms with Crippen molar-refractivity contribution in [2.75, 3.05) is 5.32 Å². The Bertz CT molecular complexity index is 892. The number of nitrogens with one attached hydrogen (secondary N) is 1. The van der Waals surface area contributed by atoms with E-state index in [2.05, 4.69) is 46.3 Å². The van der Waals surface area contributed by atoms with E-state index in [9.17, 15) is 4.79 Å². The van der Waals surface area contributed by atoms with Crippen molar-refractivity contribution in [3.05, 3.63) is 42.0 Å². The van der Waals surface area contributed by atoms with Crippen molar-refractivity contribution in [2.24, 2.45) is 7.05 Å². The number of carbonyl (C=O) groups is 1. The van der Waals surface area contributed by atoms with Crippen molar-refractivity contribution in [3.8, 4) is 11.5 Å². The average Bonchev–Trinajstić information content (AvgIpc) is 3.21. The van der Waals surface area contributed by atoms with Crippen LogP contribution in [0.1, 0.15) is 38.8 Å². The zero-order chi connectivity index (χ0) is 18.7. The van der Waals surface area contributed by atoms with Gasteiger partial charge in [-0.25, -0.2) is 0 Å². The van der Waals surface area contributed by atoms with E-state index < -0.39 is 0 Å². The minimum atomic E-state index is -0.133. The third kappa shape index (κ3) is 4.14. The highest BCUT2D eigenvalue weighted by molar-refractivity contribution is 5.90. The molecule has 0 unspecified atom stereocenters. The molecule has 1 N–H and O–H groups in total. The van der Waals surface area contributed by atoms with E-state index in [-0.39, 0.29) is 17.7 Å². The molecule has 3 rings (SSSR count). The Hall–Kier alpha value is -3.03. The molecule has 3 aromatic rings. The number of carbonyl (C=O) groups excluding carboxylic acids is 1. The van der Waals surface area contributed by atoms with Gasteiger partial charge in [-0.2, -0.15) is 10.1 Å². The number of aryl methyl sites for hydroxylation is 2. The number of hydrogen-bond acceptors (Lipinski definition) is 6. The molecule has 0 aliphatic rings. The lowest BCUT2D eigenvalue weighted by atomic mass is 9.92. The van der Waals surface area contributed by atoms with Crippen molar-refractivity contribution in [1.82, 2.24) is 24.9 Å². The van der Waals surface area contributed by atoms with Crippen LogP contribution in [0.3, 0.4) is 0 Å². The summed E-state index contributed by atoms with van der Waals surface area (Å²) in [5.74, 6) is 1.36. The van der Waals surface area contributed by atoms with Crippen LogP contribution in [0.5, 0.6) is 0 Å². The zero-order valence-electron chi connectivity index (χ0n) is 15.4. The molecule has 0 fully saturated rings. The van der Waals surface area contributed by atoms with Crippen LogP contribution in [0.4, 0.5) is 5.82 Å². The van der Waals surface area contributed by atoms with Gasteiger partial charge >= 0.3 is 0 Å². The molecule has 8 nitrogen and oxygen atoms in total. The summed E-state index contributed by atoms with van der Waals surface area (Å²) in [5.41, 5.74) is 1.48. The summed E-state index contributed by atoms with van der Waals surface area (Å²) >= 11 is 0. The van der Waals surface area contributed by atoms with Gasteiger partial charge in [-0.05, 0) is 12.1 Å². The van der Waals surface area contributed by atoms with Crippen LogP contribution >= 0.6 is 0 Å². The van der Waals surface area contributed by atoms with Crippen LogP contribution in [0, 0.1) is 0 Å². The van der Waals surface area contributed by atoms with E-state index in [1.54, 1.807) is 16.9 Å². The maximum Gasteiger partial charge on any atom is 0.227 e. The lowest BCUT2D eigenvalue weighted by Gasteiger charge is -2.13. The fourth-order valence-corrected chi connectivity index (χ4v) is 2.33. The minimum Gasteiger partial charge on any atom is -0.339 e. The molecular formula is C18H22N6O2. The highest BCUT2D eigenvalue weighted by Gasteiger charge is 2.20. The number of anilines is 1. The largest absolute Gasteiger partial charge is 0.339 e. The van der Waals surface area contributed by atoms with Crippen molar-refractivity contribution in [3.63, 3.8) is 0 Å². The van der Waals surface area contributed by atoms with Crippen LogP contribution in [-0.2, 0) is 23.7 Å². The van der Waals surface area contributed by atoms with Gasteiger partial charge in [0.05, 0.1) is 5.69 Å². The molecule has 0 bridgehead atoms. The SMILES string of the molecule is Cn1nc(C(C)(C)C)cc1NC(=O)CCc1nc(-c2ccccn2)no1. The zero-order valence-corrected chi connectivity index (χ0v) is 15.4.